The van der Waals surface area contributed by atoms with Crippen molar-refractivity contribution >= 4 is 5.52 Å². The third-order valence-corrected chi connectivity index (χ3v) is 2.55. The molecule has 2 heterocycles. The first-order valence-corrected chi connectivity index (χ1v) is 4.84. The maximum Gasteiger partial charge on any atom is 0.0696 e. The first-order chi connectivity index (χ1) is 6.76. The molecule has 2 aromatic heterocycles. The summed E-state index contributed by atoms with van der Waals surface area (Å²) in [5, 5.41) is 13.4. The molecule has 0 fully saturated rings. The Morgan fingerprint density at radius 1 is 1.43 bits per heavy atom. The van der Waals surface area contributed by atoms with Crippen molar-refractivity contribution in [2.75, 3.05) is 0 Å². The van der Waals surface area contributed by atoms with Crippen molar-refractivity contribution in [1.82, 2.24) is 9.61 Å². The van der Waals surface area contributed by atoms with Crippen LogP contribution in [0.3, 0.4) is 0 Å². The number of aromatic nitrogens is 2. The van der Waals surface area contributed by atoms with Crippen molar-refractivity contribution in [3.8, 4) is 0 Å². The fourth-order valence-corrected chi connectivity index (χ4v) is 1.69. The maximum absolute atomic E-state index is 8.99. The van der Waals surface area contributed by atoms with Gasteiger partial charge >= 0.3 is 0 Å². The van der Waals surface area contributed by atoms with Gasteiger partial charge in [-0.15, -0.1) is 0 Å². The number of aliphatic hydroxyl groups excluding tert-OH is 1. The number of rotatable bonds is 2. The molecule has 0 aliphatic rings. The molecule has 0 saturated heterocycles. The highest BCUT2D eigenvalue weighted by molar-refractivity contribution is 5.56. The monoisotopic (exact) mass is 190 g/mol. The minimum Gasteiger partial charge on any atom is -0.392 e. The minimum atomic E-state index is 0.0658. The highest BCUT2D eigenvalue weighted by Crippen LogP contribution is 2.15. The molecule has 0 bridgehead atoms. The van der Waals surface area contributed by atoms with Crippen LogP contribution in [0.15, 0.2) is 18.3 Å². The van der Waals surface area contributed by atoms with Gasteiger partial charge in [-0.25, -0.2) is 4.52 Å². The molecule has 0 saturated carbocycles. The molecule has 2 rings (SSSR count). The predicted octanol–water partition coefficient (Wildman–Crippen LogP) is 1.70. The molecule has 0 unspecified atom stereocenters. The van der Waals surface area contributed by atoms with Gasteiger partial charge in [0.05, 0.1) is 17.8 Å². The zero-order valence-corrected chi connectivity index (χ0v) is 8.49. The fourth-order valence-electron chi connectivity index (χ4n) is 1.69. The van der Waals surface area contributed by atoms with Crippen molar-refractivity contribution < 1.29 is 5.11 Å². The average molecular weight is 190 g/mol. The summed E-state index contributed by atoms with van der Waals surface area (Å²) >= 11 is 0. The van der Waals surface area contributed by atoms with Gasteiger partial charge in [0.25, 0.3) is 0 Å². The number of hydrogen-bond donors (Lipinski definition) is 1. The second-order valence-electron chi connectivity index (χ2n) is 3.45. The highest BCUT2D eigenvalue weighted by Gasteiger charge is 2.06. The molecule has 0 radical (unpaired) electrons. The van der Waals surface area contributed by atoms with Gasteiger partial charge in [-0.05, 0) is 30.5 Å². The molecule has 0 spiro atoms. The minimum absolute atomic E-state index is 0.0658. The van der Waals surface area contributed by atoms with E-state index in [-0.39, 0.29) is 6.61 Å². The van der Waals surface area contributed by atoms with E-state index in [2.05, 4.69) is 18.9 Å². The van der Waals surface area contributed by atoms with Crippen molar-refractivity contribution in [2.24, 2.45) is 0 Å². The lowest BCUT2D eigenvalue weighted by molar-refractivity contribution is 0.281. The van der Waals surface area contributed by atoms with E-state index in [1.165, 1.54) is 5.56 Å². The number of hydrogen-bond acceptors (Lipinski definition) is 2. The van der Waals surface area contributed by atoms with E-state index < -0.39 is 0 Å². The summed E-state index contributed by atoms with van der Waals surface area (Å²) in [5.41, 5.74) is 4.37. The third-order valence-electron chi connectivity index (χ3n) is 2.55. The summed E-state index contributed by atoms with van der Waals surface area (Å²) in [7, 11) is 0. The van der Waals surface area contributed by atoms with Gasteiger partial charge < -0.3 is 5.11 Å². The molecular weight excluding hydrogens is 176 g/mol. The quantitative estimate of drug-likeness (QED) is 0.782. The lowest BCUT2D eigenvalue weighted by Gasteiger charge is -1.97. The van der Waals surface area contributed by atoms with Crippen LogP contribution in [-0.4, -0.2) is 14.7 Å². The SMILES string of the molecule is CCc1nn2cc(CO)ccc2c1C. The van der Waals surface area contributed by atoms with Gasteiger partial charge in [0.1, 0.15) is 0 Å². The standard InChI is InChI=1S/C11H14N2O/c1-3-10-8(2)11-5-4-9(7-14)6-13(11)12-10/h4-6,14H,3,7H2,1-2H3. The molecule has 0 amide bonds. The van der Waals surface area contributed by atoms with Crippen LogP contribution < -0.4 is 0 Å². The second kappa shape index (κ2) is 3.42. The normalized spacial score (nSPS) is 11.1. The summed E-state index contributed by atoms with van der Waals surface area (Å²) in [5.74, 6) is 0. The molecule has 0 aliphatic carbocycles. The Labute approximate surface area is 83.0 Å². The van der Waals surface area contributed by atoms with Gasteiger partial charge in [-0.3, -0.25) is 0 Å². The fraction of sp³-hybridized carbons (Fsp3) is 0.364. The Morgan fingerprint density at radius 2 is 2.21 bits per heavy atom. The smallest absolute Gasteiger partial charge is 0.0696 e. The summed E-state index contributed by atoms with van der Waals surface area (Å²) in [6, 6.07) is 3.94. The summed E-state index contributed by atoms with van der Waals surface area (Å²) in [4.78, 5) is 0. The molecular formula is C11H14N2O. The van der Waals surface area contributed by atoms with Crippen molar-refractivity contribution in [3.63, 3.8) is 0 Å². The largest absolute Gasteiger partial charge is 0.392 e. The zero-order chi connectivity index (χ0) is 10.1. The van der Waals surface area contributed by atoms with Crippen LogP contribution in [0, 0.1) is 6.92 Å². The lowest BCUT2D eigenvalue weighted by atomic mass is 10.2. The molecule has 14 heavy (non-hydrogen) atoms. The number of fused-ring (bicyclic) bond motifs is 1. The summed E-state index contributed by atoms with van der Waals surface area (Å²) in [6.45, 7) is 4.25. The van der Waals surface area contributed by atoms with Crippen LogP contribution in [0.4, 0.5) is 0 Å². The first kappa shape index (κ1) is 9.21. The van der Waals surface area contributed by atoms with Crippen molar-refractivity contribution in [3.05, 3.63) is 35.2 Å². The van der Waals surface area contributed by atoms with E-state index in [0.717, 1.165) is 23.2 Å². The van der Waals surface area contributed by atoms with Gasteiger partial charge in [0.15, 0.2) is 0 Å². The molecule has 1 N–H and O–H groups in total. The molecule has 0 aromatic carbocycles. The number of nitrogens with zero attached hydrogens (tertiary/aromatic N) is 2. The Bertz CT molecular complexity index is 460. The Kier molecular flexibility index (Phi) is 2.25. The third kappa shape index (κ3) is 1.30. The van der Waals surface area contributed by atoms with E-state index in [9.17, 15) is 0 Å². The van der Waals surface area contributed by atoms with Crippen molar-refractivity contribution in [1.29, 1.82) is 0 Å². The Hall–Kier alpha value is -1.35. The number of pyridine rings is 1. The van der Waals surface area contributed by atoms with E-state index >= 15 is 0 Å². The number of aliphatic hydroxyl groups is 1. The summed E-state index contributed by atoms with van der Waals surface area (Å²) < 4.78 is 1.85. The molecule has 0 aliphatic heterocycles. The number of aryl methyl sites for hydroxylation is 2. The van der Waals surface area contributed by atoms with Gasteiger partial charge in [0.2, 0.25) is 0 Å². The average Bonchev–Trinajstić information content (AvgIpc) is 2.55. The molecule has 0 atom stereocenters. The topological polar surface area (TPSA) is 37.5 Å². The van der Waals surface area contributed by atoms with E-state index in [1.54, 1.807) is 0 Å². The van der Waals surface area contributed by atoms with Crippen LogP contribution in [0.5, 0.6) is 0 Å². The van der Waals surface area contributed by atoms with Crippen LogP contribution in [0.25, 0.3) is 5.52 Å². The second-order valence-corrected chi connectivity index (χ2v) is 3.45. The van der Waals surface area contributed by atoms with Gasteiger partial charge in [-0.2, -0.15) is 5.10 Å². The predicted molar refractivity (Wildman–Crippen MR) is 55.2 cm³/mol. The maximum atomic E-state index is 8.99. The molecule has 3 heteroatoms. The van der Waals surface area contributed by atoms with Gasteiger partial charge in [-0.1, -0.05) is 13.0 Å². The van der Waals surface area contributed by atoms with Crippen LogP contribution in [0.1, 0.15) is 23.7 Å². The summed E-state index contributed by atoms with van der Waals surface area (Å²) in [6.07, 6.45) is 2.82. The Morgan fingerprint density at radius 3 is 2.86 bits per heavy atom. The molecule has 3 nitrogen and oxygen atoms in total. The Balaban J connectivity index is 2.66. The molecule has 2 aromatic rings. The van der Waals surface area contributed by atoms with Crippen LogP contribution >= 0.6 is 0 Å². The van der Waals surface area contributed by atoms with E-state index in [1.807, 2.05) is 22.8 Å². The molecule has 74 valence electrons. The van der Waals surface area contributed by atoms with Gasteiger partial charge in [0, 0.05) is 6.20 Å². The van der Waals surface area contributed by atoms with Crippen LogP contribution in [-0.2, 0) is 13.0 Å². The van der Waals surface area contributed by atoms with Crippen LogP contribution in [0.2, 0.25) is 0 Å². The van der Waals surface area contributed by atoms with E-state index in [4.69, 9.17) is 5.11 Å². The lowest BCUT2D eigenvalue weighted by Crippen LogP contribution is -1.91. The first-order valence-electron chi connectivity index (χ1n) is 4.84. The highest BCUT2D eigenvalue weighted by atomic mass is 16.3. The van der Waals surface area contributed by atoms with E-state index in [0.29, 0.717) is 0 Å². The zero-order valence-electron chi connectivity index (χ0n) is 8.49. The van der Waals surface area contributed by atoms with Crippen molar-refractivity contribution in [2.45, 2.75) is 26.9 Å².